The molecule has 1 amide bonds. The molecule has 118 valence electrons. The van der Waals surface area contributed by atoms with Crippen LogP contribution in [0.15, 0.2) is 24.3 Å². The molecule has 0 saturated heterocycles. The Morgan fingerprint density at radius 2 is 1.90 bits per heavy atom. The number of hydrogen-bond donors (Lipinski definition) is 2. The van der Waals surface area contributed by atoms with E-state index in [1.54, 1.807) is 14.0 Å². The molecule has 21 heavy (non-hydrogen) atoms. The van der Waals surface area contributed by atoms with Gasteiger partial charge >= 0.3 is 6.09 Å². The molecule has 5 nitrogen and oxygen atoms in total. The summed E-state index contributed by atoms with van der Waals surface area (Å²) in [6, 6.07) is 7.15. The summed E-state index contributed by atoms with van der Waals surface area (Å²) >= 11 is 0. The third-order valence-corrected chi connectivity index (χ3v) is 3.52. The van der Waals surface area contributed by atoms with Crippen LogP contribution in [0.25, 0.3) is 0 Å². The fourth-order valence-electron chi connectivity index (χ4n) is 2.25. The van der Waals surface area contributed by atoms with Gasteiger partial charge in [-0.05, 0) is 30.5 Å². The summed E-state index contributed by atoms with van der Waals surface area (Å²) in [6.45, 7) is 6.09. The highest BCUT2D eigenvalue weighted by atomic mass is 16.5. The van der Waals surface area contributed by atoms with Crippen LogP contribution in [0.2, 0.25) is 0 Å². The number of hydrogen-bond acceptors (Lipinski definition) is 4. The average molecular weight is 295 g/mol. The zero-order valence-electron chi connectivity index (χ0n) is 13.1. The highest BCUT2D eigenvalue weighted by Gasteiger charge is 2.27. The summed E-state index contributed by atoms with van der Waals surface area (Å²) in [5.74, 6) is 0.866. The molecule has 0 aromatic heterocycles. The van der Waals surface area contributed by atoms with Crippen LogP contribution in [0.1, 0.15) is 32.4 Å². The van der Waals surface area contributed by atoms with E-state index in [0.717, 1.165) is 11.3 Å². The second kappa shape index (κ2) is 8.52. The van der Waals surface area contributed by atoms with Crippen molar-refractivity contribution < 1.29 is 19.4 Å². The van der Waals surface area contributed by atoms with E-state index in [-0.39, 0.29) is 24.5 Å². The van der Waals surface area contributed by atoms with Crippen LogP contribution in [0.4, 0.5) is 4.79 Å². The number of aliphatic hydroxyl groups is 1. The number of ether oxygens (including phenoxy) is 2. The molecule has 1 aromatic carbocycles. The Balaban J connectivity index is 3.01. The van der Waals surface area contributed by atoms with Crippen LogP contribution in [0, 0.1) is 11.8 Å². The van der Waals surface area contributed by atoms with Crippen molar-refractivity contribution in [2.24, 2.45) is 11.8 Å². The van der Waals surface area contributed by atoms with Gasteiger partial charge in [-0.2, -0.15) is 0 Å². The van der Waals surface area contributed by atoms with E-state index < -0.39 is 6.09 Å². The van der Waals surface area contributed by atoms with Crippen molar-refractivity contribution in [2.45, 2.75) is 26.8 Å². The molecule has 1 rings (SSSR count). The van der Waals surface area contributed by atoms with Crippen molar-refractivity contribution in [3.05, 3.63) is 29.8 Å². The van der Waals surface area contributed by atoms with Gasteiger partial charge in [-0.3, -0.25) is 0 Å². The van der Waals surface area contributed by atoms with Gasteiger partial charge in [0.05, 0.1) is 19.8 Å². The summed E-state index contributed by atoms with van der Waals surface area (Å²) in [4.78, 5) is 11.8. The van der Waals surface area contributed by atoms with Crippen LogP contribution in [0.5, 0.6) is 5.75 Å². The number of alkyl carbamates (subject to hydrolysis) is 1. The monoisotopic (exact) mass is 295 g/mol. The lowest BCUT2D eigenvalue weighted by atomic mass is 9.85. The largest absolute Gasteiger partial charge is 0.497 e. The van der Waals surface area contributed by atoms with Crippen molar-refractivity contribution in [2.75, 3.05) is 20.3 Å². The number of nitrogens with one attached hydrogen (secondary N) is 1. The van der Waals surface area contributed by atoms with Crippen LogP contribution >= 0.6 is 0 Å². The molecule has 0 aliphatic heterocycles. The maximum absolute atomic E-state index is 11.8. The number of aliphatic hydroxyl groups excluding tert-OH is 1. The van der Waals surface area contributed by atoms with Crippen LogP contribution in [-0.4, -0.2) is 31.5 Å². The molecule has 0 spiro atoms. The Morgan fingerprint density at radius 1 is 1.29 bits per heavy atom. The summed E-state index contributed by atoms with van der Waals surface area (Å²) < 4.78 is 10.1. The minimum atomic E-state index is -0.475. The number of benzene rings is 1. The van der Waals surface area contributed by atoms with Gasteiger partial charge < -0.3 is 19.9 Å². The molecule has 0 saturated carbocycles. The second-order valence-electron chi connectivity index (χ2n) is 5.21. The van der Waals surface area contributed by atoms with Gasteiger partial charge in [0.1, 0.15) is 5.75 Å². The Morgan fingerprint density at radius 3 is 2.33 bits per heavy atom. The SMILES string of the molecule is CCOC(=O)N[C@@H](c1ccc(OC)cc1)[C@H](CO)C(C)C. The zero-order chi connectivity index (χ0) is 15.8. The van der Waals surface area contributed by atoms with Crippen LogP contribution < -0.4 is 10.1 Å². The molecule has 5 heteroatoms. The van der Waals surface area contributed by atoms with E-state index >= 15 is 0 Å². The quantitative estimate of drug-likeness (QED) is 0.811. The molecule has 0 radical (unpaired) electrons. The van der Waals surface area contributed by atoms with Crippen LogP contribution in [0.3, 0.4) is 0 Å². The standard InChI is InChI=1S/C16H25NO4/c1-5-21-16(19)17-15(14(10-18)11(2)3)12-6-8-13(20-4)9-7-12/h6-9,11,14-15,18H,5,10H2,1-4H3,(H,17,19)/t14-,15+/m1/s1. The molecule has 2 N–H and O–H groups in total. The summed E-state index contributed by atoms with van der Waals surface area (Å²) in [5.41, 5.74) is 0.914. The molecule has 0 bridgehead atoms. The fraction of sp³-hybridized carbons (Fsp3) is 0.562. The Bertz CT molecular complexity index is 430. The van der Waals surface area contributed by atoms with Gasteiger partial charge in [-0.15, -0.1) is 0 Å². The molecule has 0 aliphatic rings. The predicted molar refractivity (Wildman–Crippen MR) is 81.3 cm³/mol. The lowest BCUT2D eigenvalue weighted by Crippen LogP contribution is -2.37. The number of methoxy groups -OCH3 is 1. The molecule has 0 heterocycles. The smallest absolute Gasteiger partial charge is 0.407 e. The fourth-order valence-corrected chi connectivity index (χ4v) is 2.25. The van der Waals surface area contributed by atoms with Crippen LogP contribution in [-0.2, 0) is 4.74 Å². The van der Waals surface area contributed by atoms with Gasteiger partial charge in [0.15, 0.2) is 0 Å². The van der Waals surface area contributed by atoms with Gasteiger partial charge in [0.2, 0.25) is 0 Å². The highest BCUT2D eigenvalue weighted by molar-refractivity contribution is 5.68. The molecule has 1 aromatic rings. The van der Waals surface area contributed by atoms with Crippen molar-refractivity contribution in [1.29, 1.82) is 0 Å². The van der Waals surface area contributed by atoms with Gasteiger partial charge in [-0.1, -0.05) is 26.0 Å². The highest BCUT2D eigenvalue weighted by Crippen LogP contribution is 2.29. The third kappa shape index (κ3) is 4.93. The van der Waals surface area contributed by atoms with E-state index in [4.69, 9.17) is 9.47 Å². The molecule has 2 atom stereocenters. The lowest BCUT2D eigenvalue weighted by molar-refractivity contribution is 0.122. The number of carbonyl (C=O) groups excluding carboxylic acids is 1. The Labute approximate surface area is 126 Å². The Kier molecular flexibility index (Phi) is 7.02. The molecule has 0 unspecified atom stereocenters. The van der Waals surface area contributed by atoms with Crippen molar-refractivity contribution in [3.8, 4) is 5.75 Å². The first kappa shape index (κ1) is 17.3. The van der Waals surface area contributed by atoms with Gasteiger partial charge in [-0.25, -0.2) is 4.79 Å². The minimum Gasteiger partial charge on any atom is -0.497 e. The van der Waals surface area contributed by atoms with Gasteiger partial charge in [0.25, 0.3) is 0 Å². The summed E-state index contributed by atoms with van der Waals surface area (Å²) in [6.07, 6.45) is -0.475. The van der Waals surface area contributed by atoms with E-state index in [2.05, 4.69) is 5.32 Å². The van der Waals surface area contributed by atoms with E-state index in [1.165, 1.54) is 0 Å². The molecule has 0 aliphatic carbocycles. The second-order valence-corrected chi connectivity index (χ2v) is 5.21. The first-order valence-corrected chi connectivity index (χ1v) is 7.21. The predicted octanol–water partition coefficient (Wildman–Crippen LogP) is 2.75. The zero-order valence-corrected chi connectivity index (χ0v) is 13.1. The van der Waals surface area contributed by atoms with Gasteiger partial charge in [0, 0.05) is 12.5 Å². The maximum atomic E-state index is 11.8. The minimum absolute atomic E-state index is 0.0131. The number of carbonyl (C=O) groups is 1. The first-order chi connectivity index (χ1) is 10.0. The van der Waals surface area contributed by atoms with E-state index in [9.17, 15) is 9.90 Å². The Hall–Kier alpha value is -1.75. The van der Waals surface area contributed by atoms with Crippen molar-refractivity contribution in [1.82, 2.24) is 5.32 Å². The van der Waals surface area contributed by atoms with E-state index in [0.29, 0.717) is 6.61 Å². The van der Waals surface area contributed by atoms with Crippen molar-refractivity contribution in [3.63, 3.8) is 0 Å². The number of rotatable bonds is 7. The normalized spacial score (nSPS) is 13.6. The third-order valence-electron chi connectivity index (χ3n) is 3.52. The first-order valence-electron chi connectivity index (χ1n) is 7.21. The molecule has 0 fully saturated rings. The number of amides is 1. The lowest BCUT2D eigenvalue weighted by Gasteiger charge is -2.29. The molecular weight excluding hydrogens is 270 g/mol. The molecular formula is C16H25NO4. The summed E-state index contributed by atoms with van der Waals surface area (Å²) in [5, 5.41) is 12.5. The average Bonchev–Trinajstić information content (AvgIpc) is 2.47. The topological polar surface area (TPSA) is 67.8 Å². The van der Waals surface area contributed by atoms with E-state index in [1.807, 2.05) is 38.1 Å². The maximum Gasteiger partial charge on any atom is 0.407 e. The summed E-state index contributed by atoms with van der Waals surface area (Å²) in [7, 11) is 1.61. The van der Waals surface area contributed by atoms with Crippen molar-refractivity contribution >= 4 is 6.09 Å².